The fraction of sp³-hybridized carbons (Fsp3) is 0.925. The Hall–Kier alpha value is -1.08. The van der Waals surface area contributed by atoms with Gasteiger partial charge >= 0.3 is 13.9 Å². The number of phosphoric acid groups is 1. The van der Waals surface area contributed by atoms with Crippen LogP contribution in [0.25, 0.3) is 0 Å². The van der Waals surface area contributed by atoms with Crippen LogP contribution in [0.3, 0.4) is 0 Å². The van der Waals surface area contributed by atoms with Crippen molar-refractivity contribution in [1.82, 2.24) is 5.32 Å². The van der Waals surface area contributed by atoms with E-state index in [0.29, 0.717) is 58.0 Å². The molecule has 0 heterocycles. The van der Waals surface area contributed by atoms with E-state index in [1.165, 1.54) is 51.4 Å². The number of hydrogen-bond acceptors (Lipinski definition) is 9. The van der Waals surface area contributed by atoms with Gasteiger partial charge in [-0.2, -0.15) is 0 Å². The number of allylic oxidation sites excluding steroid dienone is 1. The summed E-state index contributed by atoms with van der Waals surface area (Å²) in [6.45, 7) is 15.0. The van der Waals surface area contributed by atoms with Gasteiger partial charge in [0.2, 0.25) is 0 Å². The van der Waals surface area contributed by atoms with Gasteiger partial charge in [-0.25, -0.2) is 9.36 Å². The van der Waals surface area contributed by atoms with Crippen LogP contribution in [-0.2, 0) is 32.8 Å². The highest BCUT2D eigenvalue weighted by molar-refractivity contribution is 7.46. The Labute approximate surface area is 319 Å². The molecule has 0 aromatic carbocycles. The molecule has 4 aliphatic carbocycles. The maximum absolute atomic E-state index is 12.7. The van der Waals surface area contributed by atoms with Crippen LogP contribution in [0.15, 0.2) is 11.6 Å². The molecule has 0 aromatic rings. The van der Waals surface area contributed by atoms with E-state index in [2.05, 4.69) is 50.5 Å². The first-order valence-corrected chi connectivity index (χ1v) is 22.1. The monoisotopic (exact) mass is 773 g/mol. The van der Waals surface area contributed by atoms with Crippen LogP contribution in [0.1, 0.15) is 112 Å². The largest absolute Gasteiger partial charge is 0.469 e. The van der Waals surface area contributed by atoms with Crippen LogP contribution < -0.4 is 5.32 Å². The number of carbonyl (C=O) groups is 1. The van der Waals surface area contributed by atoms with E-state index in [9.17, 15) is 14.5 Å². The molecule has 3 saturated carbocycles. The number of hydrogen-bond donors (Lipinski definition) is 4. The Morgan fingerprint density at radius 2 is 1.55 bits per heavy atom. The number of rotatable bonds is 24. The van der Waals surface area contributed by atoms with E-state index >= 15 is 0 Å². The van der Waals surface area contributed by atoms with E-state index in [4.69, 9.17) is 33.5 Å². The number of ether oxygens (including phenoxy) is 5. The molecule has 0 saturated heterocycles. The van der Waals surface area contributed by atoms with E-state index in [0.717, 1.165) is 54.8 Å². The van der Waals surface area contributed by atoms with Gasteiger partial charge in [-0.3, -0.25) is 4.52 Å². The average molecular weight is 774 g/mol. The van der Waals surface area contributed by atoms with Crippen molar-refractivity contribution in [2.45, 2.75) is 124 Å². The summed E-state index contributed by atoms with van der Waals surface area (Å²) in [6, 6.07) is 0. The molecule has 12 nitrogen and oxygen atoms in total. The fourth-order valence-electron chi connectivity index (χ4n) is 10.4. The molecule has 0 radical (unpaired) electrons. The lowest BCUT2D eigenvalue weighted by atomic mass is 9.47. The first-order chi connectivity index (χ1) is 25.2. The molecule has 0 bridgehead atoms. The molecule has 0 spiro atoms. The van der Waals surface area contributed by atoms with E-state index < -0.39 is 20.5 Å². The average Bonchev–Trinajstić information content (AvgIpc) is 3.46. The molecule has 13 heteroatoms. The predicted octanol–water partition coefficient (Wildman–Crippen LogP) is 7.05. The summed E-state index contributed by atoms with van der Waals surface area (Å²) in [5, 5.41) is 12.4. The summed E-state index contributed by atoms with van der Waals surface area (Å²) in [5.74, 6) is 4.94. The Balaban J connectivity index is 1.02. The zero-order valence-corrected chi connectivity index (χ0v) is 34.2. The summed E-state index contributed by atoms with van der Waals surface area (Å²) in [5.41, 5.74) is 2.29. The molecule has 0 aliphatic heterocycles. The Morgan fingerprint density at radius 3 is 2.23 bits per heavy atom. The third-order valence-corrected chi connectivity index (χ3v) is 13.6. The minimum atomic E-state index is -4.60. The number of carbonyl (C=O) groups excluding carboxylic acids is 1. The third kappa shape index (κ3) is 13.5. The highest BCUT2D eigenvalue weighted by Gasteiger charge is 2.59. The van der Waals surface area contributed by atoms with Gasteiger partial charge in [0, 0.05) is 19.6 Å². The Bertz CT molecular complexity index is 1180. The molecule has 4 N–H and O–H groups in total. The van der Waals surface area contributed by atoms with Crippen molar-refractivity contribution in [3.8, 4) is 0 Å². The second-order valence-corrected chi connectivity index (χ2v) is 18.4. The molecule has 53 heavy (non-hydrogen) atoms. The number of aliphatic hydroxyl groups is 1. The normalized spacial score (nSPS) is 31.0. The number of alkyl carbamates (subject to hydrolysis) is 1. The van der Waals surface area contributed by atoms with Crippen molar-refractivity contribution >= 4 is 13.9 Å². The number of aliphatic hydroxyl groups excluding tert-OH is 1. The number of amides is 1. The molecule has 4 rings (SSSR count). The first-order valence-electron chi connectivity index (χ1n) is 20.6. The smallest absolute Gasteiger partial charge is 0.446 e. The number of nitrogens with one attached hydrogen (secondary N) is 1. The van der Waals surface area contributed by atoms with Crippen LogP contribution in [0.4, 0.5) is 4.79 Å². The van der Waals surface area contributed by atoms with E-state index in [1.54, 1.807) is 5.57 Å². The Kier molecular flexibility index (Phi) is 18.1. The van der Waals surface area contributed by atoms with Crippen LogP contribution in [0.5, 0.6) is 0 Å². The zero-order valence-electron chi connectivity index (χ0n) is 33.3. The van der Waals surface area contributed by atoms with Crippen molar-refractivity contribution in [3.05, 3.63) is 11.6 Å². The second kappa shape index (κ2) is 21.4. The van der Waals surface area contributed by atoms with Crippen molar-refractivity contribution < 1.29 is 52.5 Å². The third-order valence-electron chi connectivity index (χ3n) is 13.1. The molecular weight excluding hydrogens is 701 g/mol. The molecule has 0 aromatic heterocycles. The van der Waals surface area contributed by atoms with Gasteiger partial charge in [0.25, 0.3) is 0 Å². The van der Waals surface area contributed by atoms with Crippen molar-refractivity contribution in [2.24, 2.45) is 46.3 Å². The van der Waals surface area contributed by atoms with E-state index in [1.807, 2.05) is 0 Å². The van der Waals surface area contributed by atoms with Gasteiger partial charge in [-0.1, -0.05) is 65.5 Å². The summed E-state index contributed by atoms with van der Waals surface area (Å²) in [4.78, 5) is 29.9. The zero-order chi connectivity index (χ0) is 38.5. The standard InChI is InChI=1S/C40H72NO11P/c1-29(2)8-6-9-30(3)35-12-13-36-34-11-10-31-26-33(14-16-39(31,4)37(34)15-17-40(35,36)5)52-38(43)41-18-7-19-47-20-21-48-22-23-49-24-25-50-27-32(42)28-51-53(44,45)46/h10,29-30,32-37,42H,6-9,11-28H2,1-5H3,(H,41,43)(H2,44,45,46)/t30-,32?,33-,34?,35?,36?,37?,39-,40+/m0/s1. The molecule has 5 unspecified atom stereocenters. The van der Waals surface area contributed by atoms with Crippen molar-refractivity contribution in [2.75, 3.05) is 66.0 Å². The molecular formula is C40H72NO11P. The first kappa shape index (κ1) is 44.6. The summed E-state index contributed by atoms with van der Waals surface area (Å²) in [7, 11) is -4.60. The SMILES string of the molecule is CC(C)CCC[C@H](C)C1CCC2C3CC=C4C[C@@H](OC(=O)NCCCOCCOCCOCCOCC(O)COP(=O)(O)O)CC[C@]4(C)C3CC[C@@]21C. The van der Waals surface area contributed by atoms with Gasteiger partial charge in [0.05, 0.1) is 52.9 Å². The predicted molar refractivity (Wildman–Crippen MR) is 203 cm³/mol. The van der Waals surface area contributed by atoms with Crippen molar-refractivity contribution in [1.29, 1.82) is 0 Å². The van der Waals surface area contributed by atoms with Crippen LogP contribution in [0, 0.1) is 46.3 Å². The van der Waals surface area contributed by atoms with Crippen molar-refractivity contribution in [3.63, 3.8) is 0 Å². The lowest BCUT2D eigenvalue weighted by molar-refractivity contribution is -0.0581. The lowest BCUT2D eigenvalue weighted by Crippen LogP contribution is -2.51. The number of fused-ring (bicyclic) bond motifs is 5. The second-order valence-electron chi connectivity index (χ2n) is 17.2. The number of phosphoric ester groups is 1. The highest BCUT2D eigenvalue weighted by atomic mass is 31.2. The Morgan fingerprint density at radius 1 is 0.868 bits per heavy atom. The quantitative estimate of drug-likeness (QED) is 0.0452. The minimum absolute atomic E-state index is 0.0528. The maximum atomic E-state index is 12.7. The molecule has 4 aliphatic rings. The minimum Gasteiger partial charge on any atom is -0.446 e. The van der Waals surface area contributed by atoms with Crippen LogP contribution in [0.2, 0.25) is 0 Å². The summed E-state index contributed by atoms with van der Waals surface area (Å²) >= 11 is 0. The molecule has 3 fully saturated rings. The van der Waals surface area contributed by atoms with Crippen LogP contribution in [-0.4, -0.2) is 99.2 Å². The topological polar surface area (TPSA) is 162 Å². The van der Waals surface area contributed by atoms with Gasteiger partial charge in [-0.15, -0.1) is 0 Å². The molecule has 9 atom stereocenters. The van der Waals surface area contributed by atoms with E-state index in [-0.39, 0.29) is 30.8 Å². The fourth-order valence-corrected chi connectivity index (χ4v) is 10.8. The van der Waals surface area contributed by atoms with Crippen LogP contribution >= 0.6 is 7.82 Å². The lowest BCUT2D eigenvalue weighted by Gasteiger charge is -2.58. The van der Waals surface area contributed by atoms with Gasteiger partial charge in [0.1, 0.15) is 12.2 Å². The van der Waals surface area contributed by atoms with Gasteiger partial charge in [-0.05, 0) is 97.7 Å². The molecule has 308 valence electrons. The summed E-state index contributed by atoms with van der Waals surface area (Å²) < 4.78 is 42.4. The van der Waals surface area contributed by atoms with Gasteiger partial charge in [0.15, 0.2) is 0 Å². The molecule has 1 amide bonds. The van der Waals surface area contributed by atoms with Gasteiger partial charge < -0.3 is 43.9 Å². The highest BCUT2D eigenvalue weighted by Crippen LogP contribution is 2.67. The summed E-state index contributed by atoms with van der Waals surface area (Å²) in [6.07, 6.45) is 15.6. The maximum Gasteiger partial charge on any atom is 0.469 e.